The molecule has 0 atom stereocenters. The Morgan fingerprint density at radius 1 is 0.800 bits per heavy atom. The minimum absolute atomic E-state index is 0.826. The van der Waals surface area contributed by atoms with E-state index in [-0.39, 0.29) is 0 Å². The van der Waals surface area contributed by atoms with Crippen molar-refractivity contribution in [3.05, 3.63) is 54.1 Å². The van der Waals surface area contributed by atoms with Crippen molar-refractivity contribution in [3.8, 4) is 0 Å². The van der Waals surface area contributed by atoms with Crippen molar-refractivity contribution in [2.45, 2.75) is 6.92 Å². The van der Waals surface area contributed by atoms with E-state index in [0.29, 0.717) is 0 Å². The van der Waals surface area contributed by atoms with E-state index in [1.165, 1.54) is 16.9 Å². The van der Waals surface area contributed by atoms with E-state index in [1.54, 1.807) is 0 Å². The second kappa shape index (κ2) is 5.45. The van der Waals surface area contributed by atoms with Gasteiger partial charge in [0.25, 0.3) is 0 Å². The summed E-state index contributed by atoms with van der Waals surface area (Å²) in [6.45, 7) is 6.42. The van der Waals surface area contributed by atoms with Crippen LogP contribution < -0.4 is 15.5 Å². The summed E-state index contributed by atoms with van der Waals surface area (Å²) in [5.74, 6) is 0. The lowest BCUT2D eigenvalue weighted by molar-refractivity contribution is 0.652. The third-order valence-corrected chi connectivity index (χ3v) is 3.99. The molecule has 2 aromatic carbocycles. The molecule has 3 heteroatoms. The molecule has 2 aromatic rings. The van der Waals surface area contributed by atoms with Crippen molar-refractivity contribution in [1.29, 1.82) is 0 Å². The summed E-state index contributed by atoms with van der Waals surface area (Å²) in [6.07, 6.45) is 0. The third-order valence-electron chi connectivity index (χ3n) is 3.99. The molecule has 104 valence electrons. The highest BCUT2D eigenvalue weighted by molar-refractivity contribution is 5.57. The fourth-order valence-corrected chi connectivity index (χ4v) is 2.81. The van der Waals surface area contributed by atoms with Crippen LogP contribution in [0.25, 0.3) is 0 Å². The van der Waals surface area contributed by atoms with Crippen LogP contribution in [-0.4, -0.2) is 26.2 Å². The number of piperazine rings is 1. The summed E-state index contributed by atoms with van der Waals surface area (Å²) in [4.78, 5) is 4.90. The lowest BCUT2D eigenvalue weighted by Crippen LogP contribution is -2.46. The van der Waals surface area contributed by atoms with Crippen LogP contribution in [0.3, 0.4) is 0 Å². The molecule has 1 heterocycles. The SMILES string of the molecule is Cc1ccccc1N1CCN(c2ccc(N)cc2)CC1. The summed E-state index contributed by atoms with van der Waals surface area (Å²) in [7, 11) is 0. The Hall–Kier alpha value is -2.16. The van der Waals surface area contributed by atoms with Crippen molar-refractivity contribution in [3.63, 3.8) is 0 Å². The first-order chi connectivity index (χ1) is 9.74. The maximum Gasteiger partial charge on any atom is 0.0397 e. The number of benzene rings is 2. The Balaban J connectivity index is 1.68. The van der Waals surface area contributed by atoms with Gasteiger partial charge < -0.3 is 15.5 Å². The molecule has 1 fully saturated rings. The van der Waals surface area contributed by atoms with Gasteiger partial charge in [-0.05, 0) is 42.8 Å². The molecule has 1 saturated heterocycles. The van der Waals surface area contributed by atoms with Crippen LogP contribution in [0.4, 0.5) is 17.1 Å². The normalized spacial score (nSPS) is 15.4. The Kier molecular flexibility index (Phi) is 3.50. The molecule has 0 bridgehead atoms. The second-order valence-corrected chi connectivity index (χ2v) is 5.35. The van der Waals surface area contributed by atoms with Gasteiger partial charge in [-0.3, -0.25) is 0 Å². The number of para-hydroxylation sites is 1. The van der Waals surface area contributed by atoms with E-state index in [4.69, 9.17) is 5.73 Å². The molecule has 0 radical (unpaired) electrons. The molecule has 0 spiro atoms. The highest BCUT2D eigenvalue weighted by Crippen LogP contribution is 2.23. The van der Waals surface area contributed by atoms with Gasteiger partial charge in [-0.15, -0.1) is 0 Å². The van der Waals surface area contributed by atoms with Crippen LogP contribution in [0, 0.1) is 6.92 Å². The Morgan fingerprint density at radius 3 is 2.05 bits per heavy atom. The van der Waals surface area contributed by atoms with E-state index >= 15 is 0 Å². The standard InChI is InChI=1S/C17H21N3/c1-14-4-2-3-5-17(14)20-12-10-19(11-13-20)16-8-6-15(18)7-9-16/h2-9H,10-13,18H2,1H3. The third kappa shape index (κ3) is 2.57. The van der Waals surface area contributed by atoms with Crippen LogP contribution in [0.1, 0.15) is 5.56 Å². The lowest BCUT2D eigenvalue weighted by Gasteiger charge is -2.38. The number of nitrogens with zero attached hydrogens (tertiary/aromatic N) is 2. The Bertz CT molecular complexity index is 569. The van der Waals surface area contributed by atoms with E-state index in [1.807, 2.05) is 12.1 Å². The summed E-state index contributed by atoms with van der Waals surface area (Å²) in [6, 6.07) is 16.8. The molecule has 0 aromatic heterocycles. The quantitative estimate of drug-likeness (QED) is 0.849. The number of nitrogen functional groups attached to an aromatic ring is 1. The van der Waals surface area contributed by atoms with Crippen LogP contribution >= 0.6 is 0 Å². The average Bonchev–Trinajstić information content (AvgIpc) is 2.49. The second-order valence-electron chi connectivity index (χ2n) is 5.35. The average molecular weight is 267 g/mol. The predicted octanol–water partition coefficient (Wildman–Crippen LogP) is 2.90. The van der Waals surface area contributed by atoms with E-state index < -0.39 is 0 Å². The topological polar surface area (TPSA) is 32.5 Å². The molecule has 3 nitrogen and oxygen atoms in total. The van der Waals surface area contributed by atoms with Crippen molar-refractivity contribution in [1.82, 2.24) is 0 Å². The molecule has 20 heavy (non-hydrogen) atoms. The van der Waals surface area contributed by atoms with Gasteiger partial charge in [0.1, 0.15) is 0 Å². The van der Waals surface area contributed by atoms with Gasteiger partial charge in [-0.1, -0.05) is 18.2 Å². The zero-order valence-corrected chi connectivity index (χ0v) is 11.9. The fourth-order valence-electron chi connectivity index (χ4n) is 2.81. The van der Waals surface area contributed by atoms with E-state index in [9.17, 15) is 0 Å². The molecule has 0 unspecified atom stereocenters. The predicted molar refractivity (Wildman–Crippen MR) is 86.5 cm³/mol. The summed E-state index contributed by atoms with van der Waals surface area (Å²) in [5, 5.41) is 0. The Labute approximate surface area is 120 Å². The van der Waals surface area contributed by atoms with Gasteiger partial charge in [0.15, 0.2) is 0 Å². The van der Waals surface area contributed by atoms with Crippen LogP contribution in [-0.2, 0) is 0 Å². The van der Waals surface area contributed by atoms with Crippen LogP contribution in [0.5, 0.6) is 0 Å². The van der Waals surface area contributed by atoms with Gasteiger partial charge in [0, 0.05) is 43.2 Å². The monoisotopic (exact) mass is 267 g/mol. The number of hydrogen-bond donors (Lipinski definition) is 1. The largest absolute Gasteiger partial charge is 0.399 e. The molecule has 3 rings (SSSR count). The van der Waals surface area contributed by atoms with Gasteiger partial charge in [-0.2, -0.15) is 0 Å². The first-order valence-electron chi connectivity index (χ1n) is 7.15. The zero-order valence-electron chi connectivity index (χ0n) is 11.9. The maximum atomic E-state index is 5.74. The minimum Gasteiger partial charge on any atom is -0.399 e. The lowest BCUT2D eigenvalue weighted by atomic mass is 10.1. The fraction of sp³-hybridized carbons (Fsp3) is 0.294. The first kappa shape index (κ1) is 12.9. The van der Waals surface area contributed by atoms with Gasteiger partial charge >= 0.3 is 0 Å². The van der Waals surface area contributed by atoms with Crippen molar-refractivity contribution >= 4 is 17.1 Å². The van der Waals surface area contributed by atoms with E-state index in [2.05, 4.69) is 53.1 Å². The Morgan fingerprint density at radius 2 is 1.40 bits per heavy atom. The van der Waals surface area contributed by atoms with Gasteiger partial charge in [0.2, 0.25) is 0 Å². The van der Waals surface area contributed by atoms with Crippen molar-refractivity contribution in [2.24, 2.45) is 0 Å². The maximum absolute atomic E-state index is 5.74. The smallest absolute Gasteiger partial charge is 0.0397 e. The van der Waals surface area contributed by atoms with Crippen LogP contribution in [0.15, 0.2) is 48.5 Å². The molecule has 0 amide bonds. The number of hydrogen-bond acceptors (Lipinski definition) is 3. The molecule has 1 aliphatic rings. The number of aryl methyl sites for hydroxylation is 1. The summed E-state index contributed by atoms with van der Waals surface area (Å²) < 4.78 is 0. The molecule has 0 saturated carbocycles. The summed E-state index contributed by atoms with van der Waals surface area (Å²) >= 11 is 0. The zero-order chi connectivity index (χ0) is 13.9. The molecule has 1 aliphatic heterocycles. The number of rotatable bonds is 2. The van der Waals surface area contributed by atoms with Crippen molar-refractivity contribution < 1.29 is 0 Å². The summed E-state index contributed by atoms with van der Waals surface area (Å²) in [5.41, 5.74) is 10.6. The molecule has 2 N–H and O–H groups in total. The minimum atomic E-state index is 0.826. The van der Waals surface area contributed by atoms with Gasteiger partial charge in [-0.25, -0.2) is 0 Å². The number of nitrogens with two attached hydrogens (primary N) is 1. The van der Waals surface area contributed by atoms with E-state index in [0.717, 1.165) is 31.9 Å². The molecular weight excluding hydrogens is 246 g/mol. The molecular formula is C17H21N3. The molecule has 0 aliphatic carbocycles. The first-order valence-corrected chi connectivity index (χ1v) is 7.15. The number of anilines is 3. The highest BCUT2D eigenvalue weighted by atomic mass is 15.3. The van der Waals surface area contributed by atoms with Crippen molar-refractivity contribution in [2.75, 3.05) is 41.7 Å². The highest BCUT2D eigenvalue weighted by Gasteiger charge is 2.18. The van der Waals surface area contributed by atoms with Gasteiger partial charge in [0.05, 0.1) is 0 Å². The van der Waals surface area contributed by atoms with Crippen LogP contribution in [0.2, 0.25) is 0 Å².